The van der Waals surface area contributed by atoms with Crippen molar-refractivity contribution in [2.75, 3.05) is 13.1 Å². The van der Waals surface area contributed by atoms with E-state index in [2.05, 4.69) is 15.3 Å². The largest absolute Gasteiger partial charge is 0.370 e. The average molecular weight is 376 g/mol. The van der Waals surface area contributed by atoms with Crippen LogP contribution in [0.5, 0.6) is 0 Å². The first kappa shape index (κ1) is 19.8. The number of thiazole rings is 1. The summed E-state index contributed by atoms with van der Waals surface area (Å²) >= 11 is 1.32. The van der Waals surface area contributed by atoms with Gasteiger partial charge in [0, 0.05) is 13.0 Å². The first-order valence-electron chi connectivity index (χ1n) is 8.46. The molecule has 2 rings (SSSR count). The van der Waals surface area contributed by atoms with Gasteiger partial charge in [0.1, 0.15) is 6.04 Å². The molecule has 1 aromatic carbocycles. The second kappa shape index (κ2) is 9.83. The lowest BCUT2D eigenvalue weighted by atomic mass is 10.1. The van der Waals surface area contributed by atoms with Gasteiger partial charge in [-0.3, -0.25) is 9.59 Å². The summed E-state index contributed by atoms with van der Waals surface area (Å²) in [6.45, 7) is 0.934. The van der Waals surface area contributed by atoms with Gasteiger partial charge in [-0.05, 0) is 37.9 Å². The molecular weight excluding hydrogens is 352 g/mol. The number of amides is 1. The Hall–Kier alpha value is -2.52. The monoisotopic (exact) mass is 376 g/mol. The normalized spacial score (nSPS) is 11.9. The van der Waals surface area contributed by atoms with Crippen LogP contribution in [-0.4, -0.2) is 41.8 Å². The van der Waals surface area contributed by atoms with Crippen molar-refractivity contribution in [1.29, 1.82) is 0 Å². The molecule has 0 radical (unpaired) electrons. The Morgan fingerprint density at radius 3 is 2.69 bits per heavy atom. The van der Waals surface area contributed by atoms with Crippen molar-refractivity contribution >= 4 is 39.2 Å². The molecule has 0 fully saturated rings. The number of nitrogens with two attached hydrogens (primary N) is 3. The van der Waals surface area contributed by atoms with E-state index < -0.39 is 6.04 Å². The van der Waals surface area contributed by atoms with E-state index in [1.54, 1.807) is 0 Å². The van der Waals surface area contributed by atoms with Crippen molar-refractivity contribution in [1.82, 2.24) is 10.3 Å². The van der Waals surface area contributed by atoms with Crippen LogP contribution in [0.2, 0.25) is 0 Å². The number of Topliss-reactive ketones (excluding diaryl/α,β-unsaturated/α-hetero) is 1. The van der Waals surface area contributed by atoms with Crippen molar-refractivity contribution in [2.24, 2.45) is 22.2 Å². The number of aromatic nitrogens is 1. The molecule has 0 saturated heterocycles. The number of ketones is 1. The number of rotatable bonds is 10. The van der Waals surface area contributed by atoms with Gasteiger partial charge in [0.2, 0.25) is 11.7 Å². The highest BCUT2D eigenvalue weighted by molar-refractivity contribution is 7.20. The Morgan fingerprint density at radius 2 is 2.00 bits per heavy atom. The third-order valence-corrected chi connectivity index (χ3v) is 4.75. The lowest BCUT2D eigenvalue weighted by Gasteiger charge is -2.11. The van der Waals surface area contributed by atoms with Crippen molar-refractivity contribution in [3.05, 3.63) is 29.3 Å². The third-order valence-electron chi connectivity index (χ3n) is 3.70. The van der Waals surface area contributed by atoms with Crippen molar-refractivity contribution in [3.8, 4) is 0 Å². The fourth-order valence-electron chi connectivity index (χ4n) is 2.43. The maximum absolute atomic E-state index is 12.7. The van der Waals surface area contributed by atoms with Crippen LogP contribution in [0.4, 0.5) is 0 Å². The molecule has 8 nitrogen and oxygen atoms in total. The number of hydrogen-bond acceptors (Lipinski definition) is 6. The molecular formula is C17H24N6O2S. The van der Waals surface area contributed by atoms with Gasteiger partial charge < -0.3 is 22.5 Å². The predicted molar refractivity (Wildman–Crippen MR) is 104 cm³/mol. The minimum atomic E-state index is -0.707. The molecule has 7 N–H and O–H groups in total. The van der Waals surface area contributed by atoms with E-state index >= 15 is 0 Å². The zero-order valence-electron chi connectivity index (χ0n) is 14.5. The maximum Gasteiger partial charge on any atom is 0.220 e. The van der Waals surface area contributed by atoms with E-state index in [0.29, 0.717) is 43.8 Å². The van der Waals surface area contributed by atoms with Crippen LogP contribution in [0.3, 0.4) is 0 Å². The van der Waals surface area contributed by atoms with Gasteiger partial charge in [-0.1, -0.05) is 12.1 Å². The molecule has 140 valence electrons. The topological polar surface area (TPSA) is 149 Å². The van der Waals surface area contributed by atoms with Crippen LogP contribution < -0.4 is 22.5 Å². The quantitative estimate of drug-likeness (QED) is 0.208. The standard InChI is InChI=1S/C17H24N6O2S/c18-9-3-8-14(24)21-10-4-6-12(23-17(19)20)15(25)16-22-11-5-1-2-7-13(11)26-16/h1-2,5,7,12H,3-4,6,8-10,18H2,(H,21,24)(H4,19,20,23). The maximum atomic E-state index is 12.7. The van der Waals surface area contributed by atoms with Gasteiger partial charge >= 0.3 is 0 Å². The molecule has 26 heavy (non-hydrogen) atoms. The Morgan fingerprint density at radius 1 is 1.23 bits per heavy atom. The van der Waals surface area contributed by atoms with Crippen LogP contribution >= 0.6 is 11.3 Å². The van der Waals surface area contributed by atoms with Crippen LogP contribution in [-0.2, 0) is 4.79 Å². The second-order valence-corrected chi connectivity index (χ2v) is 6.84. The minimum absolute atomic E-state index is 0.0497. The Kier molecular flexibility index (Phi) is 7.49. The number of guanidine groups is 1. The summed E-state index contributed by atoms with van der Waals surface area (Å²) < 4.78 is 0.937. The van der Waals surface area contributed by atoms with Gasteiger partial charge in [-0.15, -0.1) is 11.3 Å². The van der Waals surface area contributed by atoms with E-state index in [9.17, 15) is 9.59 Å². The Labute approximate surface area is 155 Å². The molecule has 1 heterocycles. The number of nitrogens with zero attached hydrogens (tertiary/aromatic N) is 2. The first-order valence-corrected chi connectivity index (χ1v) is 9.28. The van der Waals surface area contributed by atoms with E-state index in [0.717, 1.165) is 10.2 Å². The summed E-state index contributed by atoms with van der Waals surface area (Å²) in [7, 11) is 0. The fourth-order valence-corrected chi connectivity index (χ4v) is 3.38. The molecule has 1 aromatic heterocycles. The van der Waals surface area contributed by atoms with Gasteiger partial charge in [0.05, 0.1) is 10.2 Å². The number of para-hydroxylation sites is 1. The Balaban J connectivity index is 1.97. The molecule has 0 saturated carbocycles. The van der Waals surface area contributed by atoms with E-state index in [1.807, 2.05) is 24.3 Å². The highest BCUT2D eigenvalue weighted by Crippen LogP contribution is 2.23. The summed E-state index contributed by atoms with van der Waals surface area (Å²) in [5.74, 6) is -0.406. The number of carbonyl (C=O) groups is 2. The summed E-state index contributed by atoms with van der Waals surface area (Å²) in [6, 6.07) is 6.83. The molecule has 0 aliphatic rings. The van der Waals surface area contributed by atoms with Crippen molar-refractivity contribution in [3.63, 3.8) is 0 Å². The fraction of sp³-hybridized carbons (Fsp3) is 0.412. The molecule has 1 unspecified atom stereocenters. The molecule has 1 atom stereocenters. The predicted octanol–water partition coefficient (Wildman–Crippen LogP) is 0.756. The van der Waals surface area contributed by atoms with Gasteiger partial charge in [-0.25, -0.2) is 9.98 Å². The van der Waals surface area contributed by atoms with Crippen LogP contribution in [0.1, 0.15) is 35.5 Å². The average Bonchev–Trinajstić information content (AvgIpc) is 3.05. The minimum Gasteiger partial charge on any atom is -0.370 e. The number of fused-ring (bicyclic) bond motifs is 1. The smallest absolute Gasteiger partial charge is 0.220 e. The number of benzene rings is 1. The van der Waals surface area contributed by atoms with E-state index in [1.165, 1.54) is 11.3 Å². The summed E-state index contributed by atoms with van der Waals surface area (Å²) in [5, 5.41) is 3.18. The SMILES string of the molecule is NCCCC(=O)NCCCC(N=C(N)N)C(=O)c1nc2ccccc2s1. The summed E-state index contributed by atoms with van der Waals surface area (Å²) in [6.07, 6.45) is 2.05. The number of carbonyl (C=O) groups excluding carboxylic acids is 2. The van der Waals surface area contributed by atoms with Crippen LogP contribution in [0.15, 0.2) is 29.3 Å². The second-order valence-electron chi connectivity index (χ2n) is 5.81. The van der Waals surface area contributed by atoms with Crippen LogP contribution in [0, 0.1) is 0 Å². The Bertz CT molecular complexity index is 751. The first-order chi connectivity index (χ1) is 12.5. The van der Waals surface area contributed by atoms with Gasteiger partial charge in [0.25, 0.3) is 0 Å². The van der Waals surface area contributed by atoms with Crippen molar-refractivity contribution < 1.29 is 9.59 Å². The lowest BCUT2D eigenvalue weighted by Crippen LogP contribution is -2.30. The number of nitrogens with one attached hydrogen (secondary N) is 1. The molecule has 9 heteroatoms. The molecule has 0 bridgehead atoms. The summed E-state index contributed by atoms with van der Waals surface area (Å²) in [5.41, 5.74) is 17.1. The zero-order chi connectivity index (χ0) is 18.9. The number of hydrogen-bond donors (Lipinski definition) is 4. The van der Waals surface area contributed by atoms with E-state index in [4.69, 9.17) is 17.2 Å². The highest BCUT2D eigenvalue weighted by Gasteiger charge is 2.23. The lowest BCUT2D eigenvalue weighted by molar-refractivity contribution is -0.121. The number of aliphatic imine (C=N–C) groups is 1. The van der Waals surface area contributed by atoms with Gasteiger partial charge in [0.15, 0.2) is 11.0 Å². The molecule has 0 aliphatic carbocycles. The van der Waals surface area contributed by atoms with Gasteiger partial charge in [-0.2, -0.15) is 0 Å². The third kappa shape index (κ3) is 5.78. The zero-order valence-corrected chi connectivity index (χ0v) is 15.3. The van der Waals surface area contributed by atoms with E-state index in [-0.39, 0.29) is 17.6 Å². The molecule has 1 amide bonds. The molecule has 2 aromatic rings. The van der Waals surface area contributed by atoms with Crippen molar-refractivity contribution in [2.45, 2.75) is 31.7 Å². The highest BCUT2D eigenvalue weighted by atomic mass is 32.1. The molecule has 0 aliphatic heterocycles. The molecule has 0 spiro atoms. The summed E-state index contributed by atoms with van der Waals surface area (Å²) in [4.78, 5) is 32.7. The van der Waals surface area contributed by atoms with Crippen LogP contribution in [0.25, 0.3) is 10.2 Å².